The van der Waals surface area contributed by atoms with Gasteiger partial charge in [0, 0.05) is 12.6 Å². The maximum absolute atomic E-state index is 5.85. The van der Waals surface area contributed by atoms with E-state index >= 15 is 0 Å². The molecule has 1 aromatic heterocycles. The Bertz CT molecular complexity index is 578. The smallest absolute Gasteiger partial charge is 0.213 e. The van der Waals surface area contributed by atoms with Crippen molar-refractivity contribution in [3.8, 4) is 17.4 Å². The third kappa shape index (κ3) is 3.73. The largest absolute Gasteiger partial charge is 0.481 e. The molecule has 1 saturated heterocycles. The number of methoxy groups -OCH3 is 1. The lowest BCUT2D eigenvalue weighted by molar-refractivity contribution is 0.331. The summed E-state index contributed by atoms with van der Waals surface area (Å²) in [4.78, 5) is 6.62. The molecule has 0 N–H and O–H groups in total. The van der Waals surface area contributed by atoms with Crippen molar-refractivity contribution in [2.75, 3.05) is 20.2 Å². The Labute approximate surface area is 125 Å². The molecular formula is C17H20N2O2. The molecule has 0 spiro atoms. The first-order valence-corrected chi connectivity index (χ1v) is 7.33. The van der Waals surface area contributed by atoms with Crippen LogP contribution in [0.1, 0.15) is 18.4 Å². The zero-order chi connectivity index (χ0) is 14.5. The van der Waals surface area contributed by atoms with Crippen LogP contribution in [0.25, 0.3) is 0 Å². The highest BCUT2D eigenvalue weighted by molar-refractivity contribution is 5.33. The predicted molar refractivity (Wildman–Crippen MR) is 81.8 cm³/mol. The molecule has 0 radical (unpaired) electrons. The Hall–Kier alpha value is -2.07. The van der Waals surface area contributed by atoms with Crippen LogP contribution in [0.5, 0.6) is 17.4 Å². The Morgan fingerprint density at radius 3 is 2.67 bits per heavy atom. The number of pyridine rings is 1. The molecule has 0 unspecified atom stereocenters. The molecule has 0 aliphatic carbocycles. The van der Waals surface area contributed by atoms with Crippen LogP contribution in [0.4, 0.5) is 0 Å². The molecule has 0 bridgehead atoms. The van der Waals surface area contributed by atoms with Gasteiger partial charge < -0.3 is 9.47 Å². The number of likely N-dealkylation sites (tertiary alicyclic amines) is 1. The van der Waals surface area contributed by atoms with E-state index in [0.717, 1.165) is 12.3 Å². The van der Waals surface area contributed by atoms with Crippen molar-refractivity contribution in [2.24, 2.45) is 0 Å². The second-order valence-corrected chi connectivity index (χ2v) is 5.27. The average Bonchev–Trinajstić information content (AvgIpc) is 3.01. The van der Waals surface area contributed by atoms with Gasteiger partial charge >= 0.3 is 0 Å². The fourth-order valence-corrected chi connectivity index (χ4v) is 2.59. The van der Waals surface area contributed by atoms with E-state index in [2.05, 4.69) is 22.0 Å². The molecule has 3 rings (SSSR count). The highest BCUT2D eigenvalue weighted by Gasteiger charge is 2.12. The van der Waals surface area contributed by atoms with Gasteiger partial charge in [0.05, 0.1) is 13.3 Å². The first-order valence-electron chi connectivity index (χ1n) is 7.33. The van der Waals surface area contributed by atoms with Gasteiger partial charge in [-0.25, -0.2) is 4.98 Å². The van der Waals surface area contributed by atoms with Crippen molar-refractivity contribution in [3.05, 3.63) is 48.2 Å². The number of rotatable bonds is 5. The van der Waals surface area contributed by atoms with Gasteiger partial charge in [-0.1, -0.05) is 12.1 Å². The second kappa shape index (κ2) is 6.59. The van der Waals surface area contributed by atoms with Gasteiger partial charge in [0.2, 0.25) is 5.88 Å². The minimum absolute atomic E-state index is 0.588. The van der Waals surface area contributed by atoms with E-state index in [0.29, 0.717) is 11.6 Å². The molecule has 1 aliphatic rings. The molecular weight excluding hydrogens is 264 g/mol. The summed E-state index contributed by atoms with van der Waals surface area (Å²) in [5.74, 6) is 2.15. The normalized spacial score (nSPS) is 15.1. The summed E-state index contributed by atoms with van der Waals surface area (Å²) in [6, 6.07) is 11.9. The van der Waals surface area contributed by atoms with Crippen molar-refractivity contribution in [2.45, 2.75) is 19.4 Å². The van der Waals surface area contributed by atoms with E-state index < -0.39 is 0 Å². The summed E-state index contributed by atoms with van der Waals surface area (Å²) in [6.07, 6.45) is 4.30. The van der Waals surface area contributed by atoms with E-state index in [1.54, 1.807) is 19.4 Å². The SMILES string of the molecule is COc1ccc(Oc2cccc(CN3CCCC3)c2)cn1. The first-order chi connectivity index (χ1) is 10.3. The molecule has 0 amide bonds. The summed E-state index contributed by atoms with van der Waals surface area (Å²) >= 11 is 0. The van der Waals surface area contributed by atoms with E-state index in [4.69, 9.17) is 9.47 Å². The first kappa shape index (κ1) is 13.9. The Morgan fingerprint density at radius 1 is 1.10 bits per heavy atom. The standard InChI is InChI=1S/C17H20N2O2/c1-20-17-8-7-16(12-18-17)21-15-6-4-5-14(11-15)13-19-9-2-3-10-19/h4-8,11-12H,2-3,9-10,13H2,1H3. The van der Waals surface area contributed by atoms with E-state index in [-0.39, 0.29) is 0 Å². The topological polar surface area (TPSA) is 34.6 Å². The van der Waals surface area contributed by atoms with Crippen LogP contribution in [-0.4, -0.2) is 30.1 Å². The minimum Gasteiger partial charge on any atom is -0.481 e. The fraction of sp³-hybridized carbons (Fsp3) is 0.353. The summed E-state index contributed by atoms with van der Waals surface area (Å²) < 4.78 is 10.9. The van der Waals surface area contributed by atoms with Gasteiger partial charge in [0.25, 0.3) is 0 Å². The number of hydrogen-bond donors (Lipinski definition) is 0. The van der Waals surface area contributed by atoms with Crippen LogP contribution in [0.3, 0.4) is 0 Å². The van der Waals surface area contributed by atoms with E-state index in [1.165, 1.54) is 31.5 Å². The summed E-state index contributed by atoms with van der Waals surface area (Å²) in [5, 5.41) is 0. The molecule has 0 saturated carbocycles. The van der Waals surface area contributed by atoms with Gasteiger partial charge in [0.15, 0.2) is 0 Å². The quantitative estimate of drug-likeness (QED) is 0.842. The van der Waals surface area contributed by atoms with Gasteiger partial charge in [-0.15, -0.1) is 0 Å². The van der Waals surface area contributed by atoms with Crippen LogP contribution in [0.15, 0.2) is 42.6 Å². The van der Waals surface area contributed by atoms with Crippen molar-refractivity contribution in [1.82, 2.24) is 9.88 Å². The Kier molecular flexibility index (Phi) is 4.36. The van der Waals surface area contributed by atoms with Gasteiger partial charge in [-0.3, -0.25) is 4.90 Å². The maximum Gasteiger partial charge on any atom is 0.213 e. The molecule has 4 heteroatoms. The number of nitrogens with zero attached hydrogens (tertiary/aromatic N) is 2. The molecule has 110 valence electrons. The zero-order valence-electron chi connectivity index (χ0n) is 12.3. The molecule has 2 aromatic rings. The minimum atomic E-state index is 0.588. The van der Waals surface area contributed by atoms with E-state index in [1.807, 2.05) is 18.2 Å². The molecule has 0 atom stereocenters. The second-order valence-electron chi connectivity index (χ2n) is 5.27. The van der Waals surface area contributed by atoms with Gasteiger partial charge in [0.1, 0.15) is 11.5 Å². The molecule has 4 nitrogen and oxygen atoms in total. The fourth-order valence-electron chi connectivity index (χ4n) is 2.59. The van der Waals surface area contributed by atoms with Crippen LogP contribution in [0, 0.1) is 0 Å². The lowest BCUT2D eigenvalue weighted by Crippen LogP contribution is -2.18. The Balaban J connectivity index is 1.66. The van der Waals surface area contributed by atoms with E-state index in [9.17, 15) is 0 Å². The van der Waals surface area contributed by atoms with Crippen molar-refractivity contribution in [3.63, 3.8) is 0 Å². The zero-order valence-corrected chi connectivity index (χ0v) is 12.3. The van der Waals surface area contributed by atoms with Crippen molar-refractivity contribution in [1.29, 1.82) is 0 Å². The van der Waals surface area contributed by atoms with Crippen LogP contribution < -0.4 is 9.47 Å². The van der Waals surface area contributed by atoms with Crippen LogP contribution in [-0.2, 0) is 6.54 Å². The lowest BCUT2D eigenvalue weighted by atomic mass is 10.2. The average molecular weight is 284 g/mol. The van der Waals surface area contributed by atoms with Crippen molar-refractivity contribution >= 4 is 0 Å². The molecule has 2 heterocycles. The van der Waals surface area contributed by atoms with Crippen LogP contribution in [0.2, 0.25) is 0 Å². The number of hydrogen-bond acceptors (Lipinski definition) is 4. The Morgan fingerprint density at radius 2 is 1.95 bits per heavy atom. The number of aromatic nitrogens is 1. The highest BCUT2D eigenvalue weighted by atomic mass is 16.5. The predicted octanol–water partition coefficient (Wildman–Crippen LogP) is 3.48. The molecule has 1 aliphatic heterocycles. The molecule has 21 heavy (non-hydrogen) atoms. The molecule has 1 aromatic carbocycles. The van der Waals surface area contributed by atoms with Crippen LogP contribution >= 0.6 is 0 Å². The van der Waals surface area contributed by atoms with Crippen molar-refractivity contribution < 1.29 is 9.47 Å². The summed E-state index contributed by atoms with van der Waals surface area (Å²) in [5.41, 5.74) is 1.29. The molecule has 1 fully saturated rings. The van der Waals surface area contributed by atoms with Gasteiger partial charge in [-0.2, -0.15) is 0 Å². The summed E-state index contributed by atoms with van der Waals surface area (Å²) in [7, 11) is 1.60. The number of benzene rings is 1. The monoisotopic (exact) mass is 284 g/mol. The third-order valence-electron chi connectivity index (χ3n) is 3.66. The third-order valence-corrected chi connectivity index (χ3v) is 3.66. The summed E-state index contributed by atoms with van der Waals surface area (Å²) in [6.45, 7) is 3.40. The maximum atomic E-state index is 5.85. The highest BCUT2D eigenvalue weighted by Crippen LogP contribution is 2.24. The van der Waals surface area contributed by atoms with Gasteiger partial charge in [-0.05, 0) is 49.7 Å². The number of ether oxygens (including phenoxy) is 2. The lowest BCUT2D eigenvalue weighted by Gasteiger charge is -2.15.